The Balaban J connectivity index is 1.87. The van der Waals surface area contributed by atoms with Gasteiger partial charge in [0.2, 0.25) is 0 Å². The molecule has 0 aromatic heterocycles. The van der Waals surface area contributed by atoms with Gasteiger partial charge in [0.05, 0.1) is 24.9 Å². The molecule has 14 heavy (non-hydrogen) atoms. The van der Waals surface area contributed by atoms with E-state index in [1.165, 1.54) is 0 Å². The summed E-state index contributed by atoms with van der Waals surface area (Å²) in [5.74, 6) is 0. The van der Waals surface area contributed by atoms with Crippen LogP contribution < -0.4 is 0 Å². The van der Waals surface area contributed by atoms with Gasteiger partial charge in [-0.25, -0.2) is 0 Å². The third-order valence-electron chi connectivity index (χ3n) is 3.94. The van der Waals surface area contributed by atoms with Crippen LogP contribution in [0.4, 0.5) is 0 Å². The van der Waals surface area contributed by atoms with E-state index in [-0.39, 0.29) is 23.7 Å². The Morgan fingerprint density at radius 2 is 2.36 bits per heavy atom. The summed E-state index contributed by atoms with van der Waals surface area (Å²) >= 11 is 0. The predicted octanol–water partition coefficient (Wildman–Crippen LogP) is 1.34. The summed E-state index contributed by atoms with van der Waals surface area (Å²) in [5.41, 5.74) is -0.0252. The van der Waals surface area contributed by atoms with Crippen LogP contribution >= 0.6 is 0 Å². The molecule has 1 N–H and O–H groups in total. The molecule has 1 aliphatic carbocycles. The summed E-state index contributed by atoms with van der Waals surface area (Å²) in [5, 5.41) is 9.70. The number of ether oxygens (including phenoxy) is 2. The van der Waals surface area contributed by atoms with Gasteiger partial charge < -0.3 is 14.6 Å². The van der Waals surface area contributed by atoms with Crippen LogP contribution in [-0.4, -0.2) is 36.6 Å². The van der Waals surface area contributed by atoms with E-state index in [1.807, 2.05) is 0 Å². The Kier molecular flexibility index (Phi) is 2.82. The van der Waals surface area contributed by atoms with E-state index in [0.717, 1.165) is 32.5 Å². The Bertz CT molecular complexity index is 201. The zero-order valence-corrected chi connectivity index (χ0v) is 9.03. The standard InChI is InChI=1S/C11H20O3/c1-3-11(2)9(12)6-10(11)14-8-4-5-13-7-8/h8-10,12H,3-7H2,1-2H3. The lowest BCUT2D eigenvalue weighted by atomic mass is 9.63. The predicted molar refractivity (Wildman–Crippen MR) is 53.1 cm³/mol. The minimum Gasteiger partial charge on any atom is -0.392 e. The molecule has 1 saturated carbocycles. The van der Waals surface area contributed by atoms with Crippen LogP contribution in [0.2, 0.25) is 0 Å². The summed E-state index contributed by atoms with van der Waals surface area (Å²) in [7, 11) is 0. The molecular weight excluding hydrogens is 180 g/mol. The van der Waals surface area contributed by atoms with Crippen molar-refractivity contribution in [2.75, 3.05) is 13.2 Å². The first-order chi connectivity index (χ1) is 6.66. The Morgan fingerprint density at radius 1 is 1.57 bits per heavy atom. The average Bonchev–Trinajstić information content (AvgIpc) is 2.69. The lowest BCUT2D eigenvalue weighted by Crippen LogP contribution is -2.57. The lowest BCUT2D eigenvalue weighted by Gasteiger charge is -2.51. The monoisotopic (exact) mass is 200 g/mol. The quantitative estimate of drug-likeness (QED) is 0.747. The summed E-state index contributed by atoms with van der Waals surface area (Å²) in [6.07, 6.45) is 3.09. The van der Waals surface area contributed by atoms with Gasteiger partial charge in [-0.1, -0.05) is 13.8 Å². The summed E-state index contributed by atoms with van der Waals surface area (Å²) < 4.78 is 11.2. The zero-order chi connectivity index (χ0) is 10.2. The van der Waals surface area contributed by atoms with E-state index in [0.29, 0.717) is 0 Å². The molecule has 2 rings (SSSR count). The first-order valence-corrected chi connectivity index (χ1v) is 5.58. The fourth-order valence-electron chi connectivity index (χ4n) is 2.32. The molecule has 3 nitrogen and oxygen atoms in total. The van der Waals surface area contributed by atoms with Crippen LogP contribution in [0.15, 0.2) is 0 Å². The molecule has 82 valence electrons. The molecule has 0 aromatic rings. The second kappa shape index (κ2) is 3.80. The number of rotatable bonds is 3. The zero-order valence-electron chi connectivity index (χ0n) is 9.03. The molecule has 3 heteroatoms. The second-order valence-corrected chi connectivity index (χ2v) is 4.72. The maximum Gasteiger partial charge on any atom is 0.0834 e. The highest BCUT2D eigenvalue weighted by molar-refractivity contribution is 5.00. The fourth-order valence-corrected chi connectivity index (χ4v) is 2.32. The molecular formula is C11H20O3. The maximum atomic E-state index is 9.70. The van der Waals surface area contributed by atoms with Crippen molar-refractivity contribution in [3.8, 4) is 0 Å². The smallest absolute Gasteiger partial charge is 0.0834 e. The normalized spacial score (nSPS) is 47.8. The fraction of sp³-hybridized carbons (Fsp3) is 1.00. The van der Waals surface area contributed by atoms with Crippen molar-refractivity contribution in [3.05, 3.63) is 0 Å². The van der Waals surface area contributed by atoms with Crippen LogP contribution in [0.25, 0.3) is 0 Å². The Morgan fingerprint density at radius 3 is 2.86 bits per heavy atom. The summed E-state index contributed by atoms with van der Waals surface area (Å²) in [6.45, 7) is 5.78. The third-order valence-corrected chi connectivity index (χ3v) is 3.94. The highest BCUT2D eigenvalue weighted by atomic mass is 16.6. The van der Waals surface area contributed by atoms with Gasteiger partial charge in [0.15, 0.2) is 0 Å². The van der Waals surface area contributed by atoms with Crippen LogP contribution in [0, 0.1) is 5.41 Å². The lowest BCUT2D eigenvalue weighted by molar-refractivity contribution is -0.203. The van der Waals surface area contributed by atoms with Crippen LogP contribution in [0.1, 0.15) is 33.1 Å². The van der Waals surface area contributed by atoms with Crippen molar-refractivity contribution < 1.29 is 14.6 Å². The molecule has 0 radical (unpaired) electrons. The highest BCUT2D eigenvalue weighted by Crippen LogP contribution is 2.46. The molecule has 2 aliphatic rings. The van der Waals surface area contributed by atoms with Crippen molar-refractivity contribution in [1.29, 1.82) is 0 Å². The second-order valence-electron chi connectivity index (χ2n) is 4.72. The molecule has 1 heterocycles. The van der Waals surface area contributed by atoms with Crippen molar-refractivity contribution >= 4 is 0 Å². The number of aliphatic hydroxyl groups excluding tert-OH is 1. The van der Waals surface area contributed by atoms with Gasteiger partial charge >= 0.3 is 0 Å². The molecule has 2 fully saturated rings. The van der Waals surface area contributed by atoms with Crippen molar-refractivity contribution in [2.45, 2.75) is 51.4 Å². The number of aliphatic hydroxyl groups is 1. The first-order valence-electron chi connectivity index (χ1n) is 5.58. The summed E-state index contributed by atoms with van der Waals surface area (Å²) in [4.78, 5) is 0. The largest absolute Gasteiger partial charge is 0.392 e. The van der Waals surface area contributed by atoms with Crippen molar-refractivity contribution in [2.24, 2.45) is 5.41 Å². The van der Waals surface area contributed by atoms with E-state index < -0.39 is 0 Å². The Labute approximate surface area is 85.4 Å². The molecule has 4 unspecified atom stereocenters. The molecule has 4 atom stereocenters. The molecule has 0 spiro atoms. The van der Waals surface area contributed by atoms with Crippen LogP contribution in [0.3, 0.4) is 0 Å². The highest BCUT2D eigenvalue weighted by Gasteiger charge is 2.51. The topological polar surface area (TPSA) is 38.7 Å². The minimum absolute atomic E-state index is 0.0252. The van der Waals surface area contributed by atoms with Gasteiger partial charge in [-0.2, -0.15) is 0 Å². The van der Waals surface area contributed by atoms with E-state index in [4.69, 9.17) is 9.47 Å². The van der Waals surface area contributed by atoms with Gasteiger partial charge in [0.25, 0.3) is 0 Å². The SMILES string of the molecule is CCC1(C)C(O)CC1OC1CCOC1. The average molecular weight is 200 g/mol. The van der Waals surface area contributed by atoms with E-state index in [1.54, 1.807) is 0 Å². The molecule has 0 amide bonds. The first kappa shape index (κ1) is 10.4. The van der Waals surface area contributed by atoms with Gasteiger partial charge in [-0.3, -0.25) is 0 Å². The van der Waals surface area contributed by atoms with E-state index in [2.05, 4.69) is 13.8 Å². The van der Waals surface area contributed by atoms with E-state index >= 15 is 0 Å². The van der Waals surface area contributed by atoms with Crippen molar-refractivity contribution in [3.63, 3.8) is 0 Å². The number of hydrogen-bond donors (Lipinski definition) is 1. The maximum absolute atomic E-state index is 9.70. The number of hydrogen-bond acceptors (Lipinski definition) is 3. The molecule has 0 aromatic carbocycles. The van der Waals surface area contributed by atoms with Gasteiger partial charge in [0, 0.05) is 18.4 Å². The van der Waals surface area contributed by atoms with Gasteiger partial charge in [0.1, 0.15) is 0 Å². The molecule has 1 saturated heterocycles. The Hall–Kier alpha value is -0.120. The van der Waals surface area contributed by atoms with Crippen LogP contribution in [-0.2, 0) is 9.47 Å². The molecule has 1 aliphatic heterocycles. The third kappa shape index (κ3) is 1.58. The van der Waals surface area contributed by atoms with Gasteiger partial charge in [-0.15, -0.1) is 0 Å². The molecule has 0 bridgehead atoms. The van der Waals surface area contributed by atoms with E-state index in [9.17, 15) is 5.11 Å². The van der Waals surface area contributed by atoms with Crippen molar-refractivity contribution in [1.82, 2.24) is 0 Å². The van der Waals surface area contributed by atoms with Crippen LogP contribution in [0.5, 0.6) is 0 Å². The minimum atomic E-state index is -0.181. The van der Waals surface area contributed by atoms with Gasteiger partial charge in [-0.05, 0) is 12.8 Å². The summed E-state index contributed by atoms with van der Waals surface area (Å²) in [6, 6.07) is 0.